The van der Waals surface area contributed by atoms with Crippen molar-refractivity contribution in [3.63, 3.8) is 0 Å². The number of carbonyl (C=O) groups is 1. The number of sulfone groups is 1. The van der Waals surface area contributed by atoms with E-state index in [1.807, 2.05) is 17.8 Å². The molecule has 0 aliphatic carbocycles. The highest BCUT2D eigenvalue weighted by Gasteiger charge is 2.50. The van der Waals surface area contributed by atoms with E-state index in [4.69, 9.17) is 0 Å². The largest absolute Gasteiger partial charge is 0.336 e. The molecule has 8 heteroatoms. The van der Waals surface area contributed by atoms with Crippen LogP contribution in [0.4, 0.5) is 10.5 Å². The Balaban J connectivity index is 1.84. The first-order valence-corrected chi connectivity index (χ1v) is 10.3. The van der Waals surface area contributed by atoms with Gasteiger partial charge in [-0.2, -0.15) is 0 Å². The Bertz CT molecular complexity index is 963. The van der Waals surface area contributed by atoms with Crippen molar-refractivity contribution < 1.29 is 13.2 Å². The van der Waals surface area contributed by atoms with Crippen LogP contribution in [-0.2, 0) is 16.9 Å². The van der Waals surface area contributed by atoms with E-state index in [0.717, 1.165) is 12.1 Å². The van der Waals surface area contributed by atoms with Crippen LogP contribution < -0.4 is 5.32 Å². The molecule has 1 atom stereocenters. The van der Waals surface area contributed by atoms with Gasteiger partial charge in [-0.25, -0.2) is 18.2 Å². The van der Waals surface area contributed by atoms with Gasteiger partial charge in [0.25, 0.3) is 0 Å². The first kappa shape index (κ1) is 18.4. The second kappa shape index (κ2) is 6.12. The predicted molar refractivity (Wildman–Crippen MR) is 99.7 cm³/mol. The molecule has 7 nitrogen and oxygen atoms in total. The second-order valence-electron chi connectivity index (χ2n) is 7.60. The maximum Gasteiger partial charge on any atom is 0.322 e. The van der Waals surface area contributed by atoms with Crippen LogP contribution in [0.15, 0.2) is 35.5 Å². The van der Waals surface area contributed by atoms with Crippen molar-refractivity contribution in [2.45, 2.75) is 31.7 Å². The molecule has 0 radical (unpaired) electrons. The number of nitrogens with zero attached hydrogens (tertiary/aromatic N) is 3. The lowest BCUT2D eigenvalue weighted by Crippen LogP contribution is -2.59. The fraction of sp³-hybridized carbons (Fsp3) is 0.444. The van der Waals surface area contributed by atoms with E-state index in [1.165, 1.54) is 6.07 Å². The molecule has 1 unspecified atom stereocenters. The van der Waals surface area contributed by atoms with Gasteiger partial charge in [0, 0.05) is 43.3 Å². The number of urea groups is 1. The Kier molecular flexibility index (Phi) is 4.34. The topological polar surface area (TPSA) is 84.3 Å². The zero-order valence-corrected chi connectivity index (χ0v) is 16.5. The van der Waals surface area contributed by atoms with Crippen LogP contribution >= 0.6 is 0 Å². The van der Waals surface area contributed by atoms with Crippen LogP contribution in [0.1, 0.15) is 31.3 Å². The molecule has 2 heterocycles. The lowest BCUT2D eigenvalue weighted by molar-refractivity contribution is -0.0182. The highest BCUT2D eigenvalue weighted by molar-refractivity contribution is 7.90. The van der Waals surface area contributed by atoms with E-state index in [1.54, 1.807) is 30.2 Å². The molecule has 140 valence electrons. The van der Waals surface area contributed by atoms with E-state index >= 15 is 0 Å². The van der Waals surface area contributed by atoms with Crippen molar-refractivity contribution in [3.8, 4) is 0 Å². The fourth-order valence-corrected chi connectivity index (χ4v) is 4.51. The Morgan fingerprint density at radius 1 is 1.35 bits per heavy atom. The van der Waals surface area contributed by atoms with Gasteiger partial charge in [0.05, 0.1) is 10.9 Å². The van der Waals surface area contributed by atoms with Gasteiger partial charge >= 0.3 is 6.03 Å². The summed E-state index contributed by atoms with van der Waals surface area (Å²) in [6.45, 7) is 6.53. The average molecular weight is 376 g/mol. The normalized spacial score (nSPS) is 19.1. The van der Waals surface area contributed by atoms with Crippen LogP contribution in [0.2, 0.25) is 0 Å². The quantitative estimate of drug-likeness (QED) is 0.893. The van der Waals surface area contributed by atoms with Gasteiger partial charge in [0.1, 0.15) is 5.82 Å². The zero-order valence-electron chi connectivity index (χ0n) is 15.6. The maximum absolute atomic E-state index is 12.8. The molecule has 1 saturated heterocycles. The number of aryl methyl sites for hydroxylation is 2. The molecular weight excluding hydrogens is 352 g/mol. The molecule has 1 aromatic heterocycles. The Labute approximate surface area is 154 Å². The van der Waals surface area contributed by atoms with Gasteiger partial charge in [-0.15, -0.1) is 0 Å². The summed E-state index contributed by atoms with van der Waals surface area (Å²) in [4.78, 5) is 19.1. The first-order valence-electron chi connectivity index (χ1n) is 8.36. The smallest absolute Gasteiger partial charge is 0.322 e. The molecule has 3 rings (SSSR count). The van der Waals surface area contributed by atoms with E-state index in [-0.39, 0.29) is 22.4 Å². The average Bonchev–Trinajstić information content (AvgIpc) is 2.91. The maximum atomic E-state index is 12.8. The molecule has 1 fully saturated rings. The second-order valence-corrected chi connectivity index (χ2v) is 9.58. The summed E-state index contributed by atoms with van der Waals surface area (Å²) < 4.78 is 25.7. The monoisotopic (exact) mass is 376 g/mol. The highest BCUT2D eigenvalue weighted by atomic mass is 32.2. The van der Waals surface area contributed by atoms with Crippen LogP contribution in [0.5, 0.6) is 0 Å². The number of carbonyl (C=O) groups excluding carboxylic acids is 1. The summed E-state index contributed by atoms with van der Waals surface area (Å²) in [6, 6.07) is 4.51. The number of likely N-dealkylation sites (tertiary alicyclic amines) is 1. The number of hydrogen-bond donors (Lipinski definition) is 1. The SMILES string of the molecule is Cc1ccc(NC(=O)N2CC(C)(C)C2c2nccn2C)cc1S(C)(=O)=O. The van der Waals surface area contributed by atoms with E-state index in [0.29, 0.717) is 17.8 Å². The van der Waals surface area contributed by atoms with Crippen LogP contribution in [0, 0.1) is 12.3 Å². The Morgan fingerprint density at radius 2 is 2.04 bits per heavy atom. The minimum Gasteiger partial charge on any atom is -0.336 e. The van der Waals surface area contributed by atoms with E-state index in [9.17, 15) is 13.2 Å². The fourth-order valence-electron chi connectivity index (χ4n) is 3.52. The minimum atomic E-state index is -3.35. The Morgan fingerprint density at radius 3 is 2.58 bits per heavy atom. The third-order valence-corrected chi connectivity index (χ3v) is 6.07. The van der Waals surface area contributed by atoms with Gasteiger partial charge in [-0.3, -0.25) is 0 Å². The van der Waals surface area contributed by atoms with E-state index < -0.39 is 9.84 Å². The molecule has 0 spiro atoms. The summed E-state index contributed by atoms with van der Waals surface area (Å²) in [5.74, 6) is 0.831. The molecule has 2 amide bonds. The first-order chi connectivity index (χ1) is 12.0. The van der Waals surface area contributed by atoms with Crippen LogP contribution in [0.25, 0.3) is 0 Å². The highest BCUT2D eigenvalue weighted by Crippen LogP contribution is 2.47. The van der Waals surface area contributed by atoms with Crippen LogP contribution in [0.3, 0.4) is 0 Å². The molecule has 0 saturated carbocycles. The number of nitrogens with one attached hydrogen (secondary N) is 1. The van der Waals surface area contributed by atoms with Gasteiger partial charge in [-0.05, 0) is 24.6 Å². The van der Waals surface area contributed by atoms with Crippen molar-refractivity contribution in [2.75, 3.05) is 18.1 Å². The minimum absolute atomic E-state index is 0.0817. The summed E-state index contributed by atoms with van der Waals surface area (Å²) in [6.07, 6.45) is 4.74. The number of imidazole rings is 1. The molecule has 26 heavy (non-hydrogen) atoms. The molecular formula is C18H24N4O3S. The standard InChI is InChI=1S/C18H24N4O3S/c1-12-6-7-13(10-14(12)26(5,24)25)20-17(23)22-11-18(2,3)15(22)16-19-8-9-21(16)4/h6-10,15H,11H2,1-5H3,(H,20,23). The molecule has 0 bridgehead atoms. The van der Waals surface area contributed by atoms with Gasteiger partial charge < -0.3 is 14.8 Å². The number of benzene rings is 1. The number of anilines is 1. The van der Waals surface area contributed by atoms with Crippen molar-refractivity contribution in [1.29, 1.82) is 0 Å². The van der Waals surface area contributed by atoms with Crippen molar-refractivity contribution in [1.82, 2.24) is 14.5 Å². The lowest BCUT2D eigenvalue weighted by atomic mass is 9.74. The van der Waals surface area contributed by atoms with Crippen molar-refractivity contribution >= 4 is 21.6 Å². The Hall–Kier alpha value is -2.35. The lowest BCUT2D eigenvalue weighted by Gasteiger charge is -2.53. The van der Waals surface area contributed by atoms with Crippen molar-refractivity contribution in [3.05, 3.63) is 42.0 Å². The van der Waals surface area contributed by atoms with Gasteiger partial charge in [-0.1, -0.05) is 19.9 Å². The zero-order chi connectivity index (χ0) is 19.3. The van der Waals surface area contributed by atoms with Crippen molar-refractivity contribution in [2.24, 2.45) is 12.5 Å². The summed E-state index contributed by atoms with van der Waals surface area (Å²) in [5.41, 5.74) is 1.03. The molecule has 2 aromatic rings. The molecule has 1 aliphatic rings. The summed E-state index contributed by atoms with van der Waals surface area (Å²) in [5, 5.41) is 2.82. The molecule has 1 aromatic carbocycles. The van der Waals surface area contributed by atoms with Gasteiger partial charge in [0.15, 0.2) is 9.84 Å². The number of aromatic nitrogens is 2. The number of amides is 2. The van der Waals surface area contributed by atoms with Gasteiger partial charge in [0.2, 0.25) is 0 Å². The number of hydrogen-bond acceptors (Lipinski definition) is 4. The van der Waals surface area contributed by atoms with E-state index in [2.05, 4.69) is 24.1 Å². The predicted octanol–water partition coefficient (Wildman–Crippen LogP) is 2.75. The third-order valence-electron chi connectivity index (χ3n) is 4.83. The summed E-state index contributed by atoms with van der Waals surface area (Å²) in [7, 11) is -1.44. The van der Waals surface area contributed by atoms with Crippen LogP contribution in [-0.4, -0.2) is 41.7 Å². The third kappa shape index (κ3) is 3.21. The number of rotatable bonds is 3. The molecule has 1 N–H and O–H groups in total. The summed E-state index contributed by atoms with van der Waals surface area (Å²) >= 11 is 0. The molecule has 1 aliphatic heterocycles.